The first-order chi connectivity index (χ1) is 18.2. The molecule has 5 heteroatoms. The molecule has 5 nitrogen and oxygen atoms in total. The van der Waals surface area contributed by atoms with E-state index in [2.05, 4.69) is 102 Å². The third-order valence-electron chi connectivity index (χ3n) is 6.98. The van der Waals surface area contributed by atoms with Crippen LogP contribution in [0.2, 0.25) is 0 Å². The van der Waals surface area contributed by atoms with Crippen LogP contribution in [-0.2, 0) is 0 Å². The molecule has 0 N–H and O–H groups in total. The van der Waals surface area contributed by atoms with Gasteiger partial charge in [-0.1, -0.05) is 58.0 Å². The average molecular weight is 498 g/mol. The van der Waals surface area contributed by atoms with Gasteiger partial charge in [0.15, 0.2) is 0 Å². The molecule has 0 radical (unpaired) electrons. The summed E-state index contributed by atoms with van der Waals surface area (Å²) in [6.45, 7) is 13.3. The number of hydrogen-bond donors (Lipinski definition) is 0. The van der Waals surface area contributed by atoms with Gasteiger partial charge in [0, 0.05) is 50.2 Å². The standard InChI is InChI=1S/C32H43N5/c1-5-21-35(22-6-2)28-16-12-26(13-17-28)30-25-31(37(34-30)32-11-9-10-20-33-32)27-14-18-29(19-15-27)36(23-7-3)24-8-4/h9-20,31H,5-8,21-25H2,1-4H3. The van der Waals surface area contributed by atoms with Crippen molar-refractivity contribution in [1.29, 1.82) is 0 Å². The fourth-order valence-electron chi connectivity index (χ4n) is 5.24. The molecule has 1 aromatic heterocycles. The maximum absolute atomic E-state index is 5.11. The van der Waals surface area contributed by atoms with Gasteiger partial charge >= 0.3 is 0 Å². The van der Waals surface area contributed by atoms with Crippen molar-refractivity contribution < 1.29 is 0 Å². The largest absolute Gasteiger partial charge is 0.372 e. The molecular weight excluding hydrogens is 454 g/mol. The van der Waals surface area contributed by atoms with Gasteiger partial charge in [0.1, 0.15) is 5.82 Å². The molecule has 37 heavy (non-hydrogen) atoms. The highest BCUT2D eigenvalue weighted by atomic mass is 15.5. The molecule has 0 spiro atoms. The number of hydrazone groups is 1. The minimum atomic E-state index is 0.126. The number of nitrogens with zero attached hydrogens (tertiary/aromatic N) is 5. The number of pyridine rings is 1. The highest BCUT2D eigenvalue weighted by Gasteiger charge is 2.30. The summed E-state index contributed by atoms with van der Waals surface area (Å²) in [6, 6.07) is 24.3. The van der Waals surface area contributed by atoms with Gasteiger partial charge in [-0.15, -0.1) is 0 Å². The van der Waals surface area contributed by atoms with Crippen molar-refractivity contribution in [3.63, 3.8) is 0 Å². The van der Waals surface area contributed by atoms with Crippen molar-refractivity contribution in [2.24, 2.45) is 5.10 Å². The Hall–Kier alpha value is -3.34. The van der Waals surface area contributed by atoms with Crippen molar-refractivity contribution in [2.45, 2.75) is 65.8 Å². The first kappa shape index (κ1) is 26.7. The fraction of sp³-hybridized carbons (Fsp3) is 0.438. The van der Waals surface area contributed by atoms with Gasteiger partial charge in [-0.05, 0) is 73.2 Å². The summed E-state index contributed by atoms with van der Waals surface area (Å²) in [7, 11) is 0. The Balaban J connectivity index is 1.59. The van der Waals surface area contributed by atoms with Crippen molar-refractivity contribution in [3.8, 4) is 0 Å². The highest BCUT2D eigenvalue weighted by Crippen LogP contribution is 2.36. The monoisotopic (exact) mass is 497 g/mol. The Morgan fingerprint density at radius 3 is 1.73 bits per heavy atom. The SMILES string of the molecule is CCCN(CCC)c1ccc(C2=NN(c3ccccn3)C(c3ccc(N(CCC)CCC)cc3)C2)cc1. The van der Waals surface area contributed by atoms with E-state index in [9.17, 15) is 0 Å². The minimum absolute atomic E-state index is 0.126. The Kier molecular flexibility index (Phi) is 9.58. The van der Waals surface area contributed by atoms with Crippen LogP contribution in [0.4, 0.5) is 17.2 Å². The molecule has 1 aliphatic heterocycles. The summed E-state index contributed by atoms with van der Waals surface area (Å²) in [5.74, 6) is 0.888. The molecule has 1 aliphatic rings. The van der Waals surface area contributed by atoms with Crippen LogP contribution in [0.5, 0.6) is 0 Å². The van der Waals surface area contributed by atoms with Crippen LogP contribution in [0.25, 0.3) is 0 Å². The molecular formula is C32H43N5. The van der Waals surface area contributed by atoms with E-state index in [1.54, 1.807) is 0 Å². The first-order valence-corrected chi connectivity index (χ1v) is 14.2. The van der Waals surface area contributed by atoms with Gasteiger partial charge in [0.05, 0.1) is 11.8 Å². The zero-order valence-corrected chi connectivity index (χ0v) is 23.1. The molecule has 3 aromatic rings. The zero-order valence-electron chi connectivity index (χ0n) is 23.1. The number of benzene rings is 2. The second-order valence-electron chi connectivity index (χ2n) is 9.91. The second-order valence-corrected chi connectivity index (χ2v) is 9.91. The molecule has 0 fully saturated rings. The van der Waals surface area contributed by atoms with Gasteiger partial charge < -0.3 is 9.80 Å². The molecule has 0 amide bonds. The van der Waals surface area contributed by atoms with Gasteiger partial charge in [-0.3, -0.25) is 0 Å². The smallest absolute Gasteiger partial charge is 0.149 e. The molecule has 1 unspecified atom stereocenters. The lowest BCUT2D eigenvalue weighted by Crippen LogP contribution is -2.25. The Morgan fingerprint density at radius 2 is 1.24 bits per heavy atom. The van der Waals surface area contributed by atoms with Crippen molar-refractivity contribution in [1.82, 2.24) is 4.98 Å². The van der Waals surface area contributed by atoms with E-state index in [-0.39, 0.29) is 6.04 Å². The number of anilines is 3. The van der Waals surface area contributed by atoms with Crippen LogP contribution in [-0.4, -0.2) is 36.9 Å². The molecule has 4 rings (SSSR count). The number of hydrogen-bond acceptors (Lipinski definition) is 5. The van der Waals surface area contributed by atoms with E-state index in [0.717, 1.165) is 69.8 Å². The molecule has 0 saturated heterocycles. The first-order valence-electron chi connectivity index (χ1n) is 14.2. The maximum Gasteiger partial charge on any atom is 0.149 e. The second kappa shape index (κ2) is 13.3. The summed E-state index contributed by atoms with van der Waals surface area (Å²) < 4.78 is 0. The van der Waals surface area contributed by atoms with Gasteiger partial charge in [-0.2, -0.15) is 5.10 Å². The summed E-state index contributed by atoms with van der Waals surface area (Å²) in [5, 5.41) is 7.22. The topological polar surface area (TPSA) is 35.0 Å². The third-order valence-corrected chi connectivity index (χ3v) is 6.98. The predicted molar refractivity (Wildman–Crippen MR) is 159 cm³/mol. The van der Waals surface area contributed by atoms with Crippen LogP contribution in [0.3, 0.4) is 0 Å². The average Bonchev–Trinajstić information content (AvgIpc) is 3.39. The van der Waals surface area contributed by atoms with Crippen LogP contribution in [0.1, 0.15) is 77.0 Å². The van der Waals surface area contributed by atoms with Crippen molar-refractivity contribution in [3.05, 3.63) is 84.1 Å². The van der Waals surface area contributed by atoms with E-state index in [4.69, 9.17) is 5.10 Å². The highest BCUT2D eigenvalue weighted by molar-refractivity contribution is 6.03. The molecule has 0 aliphatic carbocycles. The lowest BCUT2D eigenvalue weighted by Gasteiger charge is -2.26. The van der Waals surface area contributed by atoms with E-state index >= 15 is 0 Å². The van der Waals surface area contributed by atoms with E-state index in [1.165, 1.54) is 22.5 Å². The summed E-state index contributed by atoms with van der Waals surface area (Å²) in [6.07, 6.45) is 7.33. The maximum atomic E-state index is 5.11. The van der Waals surface area contributed by atoms with Gasteiger partial charge in [0.2, 0.25) is 0 Å². The third kappa shape index (κ3) is 6.51. The van der Waals surface area contributed by atoms with Gasteiger partial charge in [-0.25, -0.2) is 9.99 Å². The lowest BCUT2D eigenvalue weighted by atomic mass is 9.98. The molecule has 2 heterocycles. The van der Waals surface area contributed by atoms with E-state index in [0.29, 0.717) is 0 Å². The molecule has 0 saturated carbocycles. The van der Waals surface area contributed by atoms with E-state index < -0.39 is 0 Å². The molecule has 0 bridgehead atoms. The fourth-order valence-corrected chi connectivity index (χ4v) is 5.24. The molecule has 196 valence electrons. The zero-order chi connectivity index (χ0) is 26.0. The van der Waals surface area contributed by atoms with Crippen LogP contribution in [0.15, 0.2) is 78.0 Å². The van der Waals surface area contributed by atoms with Crippen LogP contribution >= 0.6 is 0 Å². The van der Waals surface area contributed by atoms with Gasteiger partial charge in [0.25, 0.3) is 0 Å². The summed E-state index contributed by atoms with van der Waals surface area (Å²) in [5.41, 5.74) is 6.17. The van der Waals surface area contributed by atoms with Crippen LogP contribution < -0.4 is 14.8 Å². The van der Waals surface area contributed by atoms with Crippen molar-refractivity contribution in [2.75, 3.05) is 41.0 Å². The van der Waals surface area contributed by atoms with E-state index in [1.807, 2.05) is 18.3 Å². The normalized spacial score (nSPS) is 15.1. The molecule has 1 atom stereocenters. The Labute approximate surface area is 223 Å². The lowest BCUT2D eigenvalue weighted by molar-refractivity contribution is 0.697. The number of rotatable bonds is 13. The quantitative estimate of drug-likeness (QED) is 0.242. The minimum Gasteiger partial charge on any atom is -0.372 e. The number of aromatic nitrogens is 1. The Bertz CT molecular complexity index is 1100. The predicted octanol–water partition coefficient (Wildman–Crippen LogP) is 7.69. The summed E-state index contributed by atoms with van der Waals surface area (Å²) in [4.78, 5) is 9.60. The Morgan fingerprint density at radius 1 is 0.703 bits per heavy atom. The van der Waals surface area contributed by atoms with Crippen LogP contribution in [0, 0.1) is 0 Å². The summed E-state index contributed by atoms with van der Waals surface area (Å²) >= 11 is 0. The molecule has 2 aromatic carbocycles. The van der Waals surface area contributed by atoms with Crippen molar-refractivity contribution >= 4 is 22.9 Å².